The summed E-state index contributed by atoms with van der Waals surface area (Å²) < 4.78 is 15.1. The van der Waals surface area contributed by atoms with Crippen molar-refractivity contribution in [3.8, 4) is 0 Å². The lowest BCUT2D eigenvalue weighted by Crippen LogP contribution is -2.35. The van der Waals surface area contributed by atoms with E-state index in [1.807, 2.05) is 30.3 Å². The van der Waals surface area contributed by atoms with E-state index < -0.39 is 23.1 Å². The largest absolute Gasteiger partial charge is 0.349 e. The maximum atomic E-state index is 13.4. The Hall–Kier alpha value is -3.74. The molecular formula is C24H22FN3O3. The summed E-state index contributed by atoms with van der Waals surface area (Å²) in [6.07, 6.45) is 4.87. The number of pyridine rings is 1. The molecular weight excluding hydrogens is 397 g/mol. The molecule has 0 aliphatic heterocycles. The topological polar surface area (TPSA) is 80.2 Å². The third-order valence-corrected chi connectivity index (χ3v) is 5.14. The fourth-order valence-electron chi connectivity index (χ4n) is 3.30. The molecule has 1 aliphatic rings. The number of aromatic nitrogens is 1. The van der Waals surface area contributed by atoms with Crippen LogP contribution in [0, 0.1) is 5.82 Å². The molecule has 0 saturated heterocycles. The van der Waals surface area contributed by atoms with Crippen molar-refractivity contribution in [2.24, 2.45) is 0 Å². The number of carbonyl (C=O) groups excluding carboxylic acids is 2. The molecule has 1 aliphatic carbocycles. The van der Waals surface area contributed by atoms with E-state index >= 15 is 0 Å². The van der Waals surface area contributed by atoms with Crippen LogP contribution in [0.1, 0.15) is 50.7 Å². The van der Waals surface area contributed by atoms with Crippen LogP contribution >= 0.6 is 0 Å². The predicted octanol–water partition coefficient (Wildman–Crippen LogP) is 3.18. The Bertz CT molecular complexity index is 1170. The minimum atomic E-state index is -0.626. The summed E-state index contributed by atoms with van der Waals surface area (Å²) in [6, 6.07) is 15.4. The lowest BCUT2D eigenvalue weighted by molar-refractivity contribution is 0.0947. The minimum Gasteiger partial charge on any atom is -0.349 e. The van der Waals surface area contributed by atoms with Crippen LogP contribution in [0.3, 0.4) is 0 Å². The maximum absolute atomic E-state index is 13.4. The highest BCUT2D eigenvalue weighted by Gasteiger charge is 2.27. The fraction of sp³-hybridized carbons (Fsp3) is 0.208. The molecule has 6 nitrogen and oxygen atoms in total. The second-order valence-corrected chi connectivity index (χ2v) is 7.57. The number of rotatable bonds is 7. The highest BCUT2D eigenvalue weighted by molar-refractivity contribution is 5.99. The first-order valence-electron chi connectivity index (χ1n) is 10.1. The number of benzene rings is 2. The maximum Gasteiger partial charge on any atom is 0.257 e. The predicted molar refractivity (Wildman–Crippen MR) is 114 cm³/mol. The molecule has 0 bridgehead atoms. The summed E-state index contributed by atoms with van der Waals surface area (Å²) in [6.45, 7) is 0.350. The first-order valence-corrected chi connectivity index (χ1v) is 10.1. The van der Waals surface area contributed by atoms with Gasteiger partial charge in [-0.1, -0.05) is 42.5 Å². The van der Waals surface area contributed by atoms with Crippen molar-refractivity contribution in [1.82, 2.24) is 15.2 Å². The van der Waals surface area contributed by atoms with Crippen molar-refractivity contribution in [2.45, 2.75) is 32.0 Å². The molecule has 0 atom stereocenters. The molecule has 0 radical (unpaired) electrons. The summed E-state index contributed by atoms with van der Waals surface area (Å²) in [5.41, 5.74) is 0.686. The van der Waals surface area contributed by atoms with Gasteiger partial charge in [0.2, 0.25) is 5.43 Å². The van der Waals surface area contributed by atoms with Crippen molar-refractivity contribution in [2.75, 3.05) is 0 Å². The van der Waals surface area contributed by atoms with Gasteiger partial charge in [-0.15, -0.1) is 0 Å². The van der Waals surface area contributed by atoms with Crippen molar-refractivity contribution in [3.63, 3.8) is 0 Å². The van der Waals surface area contributed by atoms with E-state index in [9.17, 15) is 18.8 Å². The van der Waals surface area contributed by atoms with E-state index in [1.54, 1.807) is 16.7 Å². The Morgan fingerprint density at radius 3 is 2.03 bits per heavy atom. The van der Waals surface area contributed by atoms with Crippen LogP contribution in [-0.4, -0.2) is 16.4 Å². The van der Waals surface area contributed by atoms with E-state index in [0.717, 1.165) is 18.4 Å². The molecule has 3 aromatic rings. The Balaban J connectivity index is 1.54. The summed E-state index contributed by atoms with van der Waals surface area (Å²) in [4.78, 5) is 38.4. The third-order valence-electron chi connectivity index (χ3n) is 5.14. The molecule has 1 saturated carbocycles. The van der Waals surface area contributed by atoms with Gasteiger partial charge in [0.1, 0.15) is 16.9 Å². The summed E-state index contributed by atoms with van der Waals surface area (Å²) in [5.74, 6) is -1.52. The minimum absolute atomic E-state index is 0.0683. The van der Waals surface area contributed by atoms with E-state index in [0.29, 0.717) is 5.56 Å². The zero-order valence-corrected chi connectivity index (χ0v) is 16.8. The van der Waals surface area contributed by atoms with Gasteiger partial charge in [-0.25, -0.2) is 4.39 Å². The second-order valence-electron chi connectivity index (χ2n) is 7.57. The SMILES string of the molecule is O=C(NCc1ccccc1)c1cn(C2CC2)cc(C(=O)NCc2cccc(F)c2)c1=O. The fourth-order valence-corrected chi connectivity index (χ4v) is 3.30. The summed E-state index contributed by atoms with van der Waals surface area (Å²) in [7, 11) is 0. The average molecular weight is 419 g/mol. The first-order chi connectivity index (χ1) is 15.0. The zero-order valence-electron chi connectivity index (χ0n) is 16.8. The number of amides is 2. The summed E-state index contributed by atoms with van der Waals surface area (Å²) in [5, 5.41) is 5.39. The molecule has 2 aromatic carbocycles. The van der Waals surface area contributed by atoms with Gasteiger partial charge >= 0.3 is 0 Å². The molecule has 1 fully saturated rings. The van der Waals surface area contributed by atoms with Crippen LogP contribution < -0.4 is 16.1 Å². The zero-order chi connectivity index (χ0) is 21.8. The molecule has 158 valence electrons. The standard InChI is InChI=1S/C24H22FN3O3/c25-18-8-4-7-17(11-18)13-27-24(31)21-15-28(19-9-10-19)14-20(22(21)29)23(30)26-12-16-5-2-1-3-6-16/h1-8,11,14-15,19H,9-10,12-13H2,(H,26,30)(H,27,31). The van der Waals surface area contributed by atoms with Crippen LogP contribution in [0.5, 0.6) is 0 Å². The number of hydrogen-bond donors (Lipinski definition) is 2. The second kappa shape index (κ2) is 8.95. The van der Waals surface area contributed by atoms with Gasteiger partial charge in [0, 0.05) is 31.5 Å². The van der Waals surface area contributed by atoms with Crippen LogP contribution in [0.25, 0.3) is 0 Å². The van der Waals surface area contributed by atoms with Gasteiger partial charge in [-0.05, 0) is 36.1 Å². The molecule has 1 aromatic heterocycles. The molecule has 2 N–H and O–H groups in total. The molecule has 0 unspecified atom stereocenters. The first kappa shape index (κ1) is 20.5. The van der Waals surface area contributed by atoms with Gasteiger partial charge in [-0.3, -0.25) is 14.4 Å². The van der Waals surface area contributed by atoms with Crippen LogP contribution in [0.15, 0.2) is 71.8 Å². The molecule has 2 amide bonds. The summed E-state index contributed by atoms with van der Waals surface area (Å²) >= 11 is 0. The average Bonchev–Trinajstić information content (AvgIpc) is 3.62. The van der Waals surface area contributed by atoms with Crippen LogP contribution in [0.2, 0.25) is 0 Å². The quantitative estimate of drug-likeness (QED) is 0.617. The third kappa shape index (κ3) is 5.06. The molecule has 7 heteroatoms. The van der Waals surface area contributed by atoms with Crippen molar-refractivity contribution >= 4 is 11.8 Å². The van der Waals surface area contributed by atoms with Gasteiger partial charge in [-0.2, -0.15) is 0 Å². The normalized spacial score (nSPS) is 12.9. The van der Waals surface area contributed by atoms with Gasteiger partial charge in [0.15, 0.2) is 0 Å². The Labute approximate surface area is 178 Å². The van der Waals surface area contributed by atoms with Crippen molar-refractivity contribution in [1.29, 1.82) is 0 Å². The van der Waals surface area contributed by atoms with Crippen LogP contribution in [-0.2, 0) is 13.1 Å². The highest BCUT2D eigenvalue weighted by Crippen LogP contribution is 2.34. The molecule has 31 heavy (non-hydrogen) atoms. The van der Waals surface area contributed by atoms with E-state index in [4.69, 9.17) is 0 Å². The molecule has 0 spiro atoms. The smallest absolute Gasteiger partial charge is 0.257 e. The van der Waals surface area contributed by atoms with E-state index in [1.165, 1.54) is 24.5 Å². The Kier molecular flexibility index (Phi) is 5.93. The number of carbonyl (C=O) groups is 2. The lowest BCUT2D eigenvalue weighted by Gasteiger charge is -2.12. The van der Waals surface area contributed by atoms with Gasteiger partial charge < -0.3 is 15.2 Å². The Morgan fingerprint density at radius 2 is 1.45 bits per heavy atom. The molecule has 4 rings (SSSR count). The number of halogens is 1. The molecule has 1 heterocycles. The van der Waals surface area contributed by atoms with Gasteiger partial charge in [0.25, 0.3) is 11.8 Å². The van der Waals surface area contributed by atoms with Crippen molar-refractivity contribution < 1.29 is 14.0 Å². The van der Waals surface area contributed by atoms with E-state index in [-0.39, 0.29) is 30.3 Å². The van der Waals surface area contributed by atoms with Crippen molar-refractivity contribution in [3.05, 3.63) is 105 Å². The number of nitrogens with one attached hydrogen (secondary N) is 2. The Morgan fingerprint density at radius 1 is 0.871 bits per heavy atom. The monoisotopic (exact) mass is 419 g/mol. The number of hydrogen-bond acceptors (Lipinski definition) is 3. The lowest BCUT2D eigenvalue weighted by atomic mass is 10.1. The van der Waals surface area contributed by atoms with Crippen LogP contribution in [0.4, 0.5) is 4.39 Å². The van der Waals surface area contributed by atoms with Gasteiger partial charge in [0.05, 0.1) is 0 Å². The van der Waals surface area contributed by atoms with E-state index in [2.05, 4.69) is 10.6 Å². The highest BCUT2D eigenvalue weighted by atomic mass is 19.1. The number of nitrogens with zero attached hydrogens (tertiary/aromatic N) is 1.